The summed E-state index contributed by atoms with van der Waals surface area (Å²) >= 11 is 5.57. The quantitative estimate of drug-likeness (QED) is 0.780. The number of alkyl halides is 2. The Balaban J connectivity index is 1.96. The van der Waals surface area contributed by atoms with Gasteiger partial charge in [-0.2, -0.15) is 8.78 Å². The van der Waals surface area contributed by atoms with Crippen molar-refractivity contribution in [2.24, 2.45) is 0 Å². The second-order valence-corrected chi connectivity index (χ2v) is 5.06. The average Bonchev–Trinajstić information content (AvgIpc) is 2.54. The topological polar surface area (TPSA) is 64.6 Å². The Hall–Kier alpha value is -2.74. The third kappa shape index (κ3) is 5.39. The molecule has 1 amide bonds. The van der Waals surface area contributed by atoms with Gasteiger partial charge in [-0.3, -0.25) is 4.79 Å². The predicted molar refractivity (Wildman–Crippen MR) is 83.4 cm³/mol. The summed E-state index contributed by atoms with van der Waals surface area (Å²) in [5, 5.41) is 2.36. The molecule has 0 spiro atoms. The van der Waals surface area contributed by atoms with Crippen molar-refractivity contribution >= 4 is 29.2 Å². The summed E-state index contributed by atoms with van der Waals surface area (Å²) in [6.07, 6.45) is 0. The number of anilines is 1. The zero-order chi connectivity index (χ0) is 18.4. The Bertz CT molecular complexity index is 786. The molecule has 0 heterocycles. The molecule has 0 radical (unpaired) electrons. The van der Waals surface area contributed by atoms with Gasteiger partial charge >= 0.3 is 12.6 Å². The maximum atomic E-state index is 13.6. The third-order valence-corrected chi connectivity index (χ3v) is 3.10. The zero-order valence-electron chi connectivity index (χ0n) is 12.5. The first-order valence-corrected chi connectivity index (χ1v) is 7.20. The summed E-state index contributed by atoms with van der Waals surface area (Å²) in [4.78, 5) is 23.5. The fraction of sp³-hybridized carbons (Fsp3) is 0.125. The van der Waals surface area contributed by atoms with Crippen molar-refractivity contribution in [1.82, 2.24) is 0 Å². The van der Waals surface area contributed by atoms with Gasteiger partial charge in [-0.1, -0.05) is 23.7 Å². The van der Waals surface area contributed by atoms with Crippen LogP contribution in [0.1, 0.15) is 10.4 Å². The molecule has 0 aliphatic carbocycles. The normalized spacial score (nSPS) is 10.4. The SMILES string of the molecule is O=C(COC(=O)c1ccc(Cl)cc1F)Nc1ccccc1OC(F)F. The molecule has 0 aliphatic heterocycles. The van der Waals surface area contributed by atoms with Gasteiger partial charge in [-0.25, -0.2) is 9.18 Å². The highest BCUT2D eigenvalue weighted by molar-refractivity contribution is 6.30. The summed E-state index contributed by atoms with van der Waals surface area (Å²) in [7, 11) is 0. The summed E-state index contributed by atoms with van der Waals surface area (Å²) in [6.45, 7) is -3.81. The number of carbonyl (C=O) groups is 2. The van der Waals surface area contributed by atoms with Crippen LogP contribution in [0.5, 0.6) is 5.75 Å². The standard InChI is InChI=1S/C16H11ClF3NO4/c17-9-5-6-10(11(18)7-9)15(23)24-8-14(22)21-12-3-1-2-4-13(12)25-16(19)20/h1-7,16H,8H2,(H,21,22). The van der Waals surface area contributed by atoms with Gasteiger partial charge in [0.05, 0.1) is 11.3 Å². The van der Waals surface area contributed by atoms with E-state index in [4.69, 9.17) is 11.6 Å². The van der Waals surface area contributed by atoms with Gasteiger partial charge in [-0.05, 0) is 30.3 Å². The highest BCUT2D eigenvalue weighted by Gasteiger charge is 2.16. The van der Waals surface area contributed by atoms with Crippen molar-refractivity contribution in [2.75, 3.05) is 11.9 Å². The van der Waals surface area contributed by atoms with E-state index < -0.39 is 36.5 Å². The van der Waals surface area contributed by atoms with Crippen LogP contribution in [0.15, 0.2) is 42.5 Å². The van der Waals surface area contributed by atoms with Gasteiger partial charge < -0.3 is 14.8 Å². The third-order valence-electron chi connectivity index (χ3n) is 2.86. The molecular weight excluding hydrogens is 363 g/mol. The van der Waals surface area contributed by atoms with E-state index in [1.165, 1.54) is 30.3 Å². The highest BCUT2D eigenvalue weighted by Crippen LogP contribution is 2.25. The summed E-state index contributed by atoms with van der Waals surface area (Å²) in [5.41, 5.74) is -0.417. The zero-order valence-corrected chi connectivity index (χ0v) is 13.2. The fourth-order valence-corrected chi connectivity index (χ4v) is 1.98. The molecule has 2 aromatic carbocycles. The smallest absolute Gasteiger partial charge is 0.387 e. The molecule has 1 N–H and O–H groups in total. The number of rotatable bonds is 6. The molecule has 0 aliphatic rings. The van der Waals surface area contributed by atoms with E-state index in [1.54, 1.807) is 0 Å². The van der Waals surface area contributed by atoms with Gasteiger partial charge in [-0.15, -0.1) is 0 Å². The second-order valence-electron chi connectivity index (χ2n) is 4.62. The van der Waals surface area contributed by atoms with E-state index in [9.17, 15) is 22.8 Å². The summed E-state index contributed by atoms with van der Waals surface area (Å²) in [5.74, 6) is -3.02. The van der Waals surface area contributed by atoms with Crippen LogP contribution in [0, 0.1) is 5.82 Å². The van der Waals surface area contributed by atoms with E-state index in [0.717, 1.165) is 12.1 Å². The summed E-state index contributed by atoms with van der Waals surface area (Å²) < 4.78 is 47.1. The van der Waals surface area contributed by atoms with Crippen LogP contribution in [0.2, 0.25) is 5.02 Å². The molecule has 0 aromatic heterocycles. The lowest BCUT2D eigenvalue weighted by Gasteiger charge is -2.11. The molecule has 2 aromatic rings. The van der Waals surface area contributed by atoms with Crippen LogP contribution >= 0.6 is 11.6 Å². The molecule has 5 nitrogen and oxygen atoms in total. The molecular formula is C16H11ClF3NO4. The molecule has 0 saturated carbocycles. The molecule has 0 saturated heterocycles. The van der Waals surface area contributed by atoms with Gasteiger partial charge in [0.25, 0.3) is 5.91 Å². The number of ether oxygens (including phenoxy) is 2. The van der Waals surface area contributed by atoms with Crippen molar-refractivity contribution in [3.63, 3.8) is 0 Å². The maximum Gasteiger partial charge on any atom is 0.387 e. The number of hydrogen-bond acceptors (Lipinski definition) is 4. The van der Waals surface area contributed by atoms with Gasteiger partial charge in [0.15, 0.2) is 6.61 Å². The first kappa shape index (κ1) is 18.6. The lowest BCUT2D eigenvalue weighted by atomic mass is 10.2. The fourth-order valence-electron chi connectivity index (χ4n) is 1.82. The maximum absolute atomic E-state index is 13.6. The van der Waals surface area contributed by atoms with Crippen LogP contribution < -0.4 is 10.1 Å². The van der Waals surface area contributed by atoms with Crippen LogP contribution in [0.25, 0.3) is 0 Å². The van der Waals surface area contributed by atoms with E-state index in [1.807, 2.05) is 0 Å². The van der Waals surface area contributed by atoms with Crippen LogP contribution in [-0.4, -0.2) is 25.1 Å². The Kier molecular flexibility index (Phi) is 6.24. The predicted octanol–water partition coefficient (Wildman–Crippen LogP) is 3.88. The van der Waals surface area contributed by atoms with Crippen molar-refractivity contribution in [3.05, 3.63) is 58.9 Å². The molecule has 0 atom stereocenters. The van der Waals surface area contributed by atoms with Gasteiger partial charge in [0.1, 0.15) is 11.6 Å². The highest BCUT2D eigenvalue weighted by atomic mass is 35.5. The van der Waals surface area contributed by atoms with Crippen LogP contribution in [0.4, 0.5) is 18.9 Å². The van der Waals surface area contributed by atoms with Crippen molar-refractivity contribution in [1.29, 1.82) is 0 Å². The number of halogens is 4. The number of benzene rings is 2. The molecule has 0 bridgehead atoms. The van der Waals surface area contributed by atoms with E-state index in [2.05, 4.69) is 14.8 Å². The number of hydrogen-bond donors (Lipinski definition) is 1. The molecule has 0 unspecified atom stereocenters. The average molecular weight is 374 g/mol. The number of para-hydroxylation sites is 2. The van der Waals surface area contributed by atoms with E-state index >= 15 is 0 Å². The number of carbonyl (C=O) groups excluding carboxylic acids is 2. The monoisotopic (exact) mass is 373 g/mol. The number of amides is 1. The summed E-state index contributed by atoms with van der Waals surface area (Å²) in [6, 6.07) is 8.83. The molecule has 0 fully saturated rings. The minimum atomic E-state index is -3.07. The van der Waals surface area contributed by atoms with E-state index in [0.29, 0.717) is 0 Å². The first-order chi connectivity index (χ1) is 11.9. The van der Waals surface area contributed by atoms with E-state index in [-0.39, 0.29) is 16.5 Å². The Morgan fingerprint density at radius 3 is 2.56 bits per heavy atom. The Morgan fingerprint density at radius 1 is 1.16 bits per heavy atom. The van der Waals surface area contributed by atoms with Crippen molar-refractivity contribution in [2.45, 2.75) is 6.61 Å². The molecule has 9 heteroatoms. The van der Waals surface area contributed by atoms with Crippen molar-refractivity contribution < 1.29 is 32.2 Å². The van der Waals surface area contributed by atoms with Gasteiger partial charge in [0.2, 0.25) is 0 Å². The lowest BCUT2D eigenvalue weighted by molar-refractivity contribution is -0.119. The van der Waals surface area contributed by atoms with Crippen molar-refractivity contribution in [3.8, 4) is 5.75 Å². The Labute approximate surface area is 145 Å². The molecule has 2 rings (SSSR count). The van der Waals surface area contributed by atoms with Crippen LogP contribution in [0.3, 0.4) is 0 Å². The lowest BCUT2D eigenvalue weighted by Crippen LogP contribution is -2.22. The van der Waals surface area contributed by atoms with Crippen LogP contribution in [-0.2, 0) is 9.53 Å². The molecule has 132 valence electrons. The number of nitrogens with one attached hydrogen (secondary N) is 1. The first-order valence-electron chi connectivity index (χ1n) is 6.82. The minimum absolute atomic E-state index is 0.0264. The van der Waals surface area contributed by atoms with Gasteiger partial charge in [0, 0.05) is 5.02 Å². The second kappa shape index (κ2) is 8.39. The largest absolute Gasteiger partial charge is 0.452 e. The molecule has 25 heavy (non-hydrogen) atoms. The minimum Gasteiger partial charge on any atom is -0.452 e. The Morgan fingerprint density at radius 2 is 1.88 bits per heavy atom. The number of esters is 1.